The first-order chi connectivity index (χ1) is 10.0. The van der Waals surface area contributed by atoms with Crippen LogP contribution in [0.4, 0.5) is 0 Å². The Morgan fingerprint density at radius 3 is 0.800 bits per heavy atom. The van der Waals surface area contributed by atoms with E-state index in [0.717, 1.165) is 0 Å². The Labute approximate surface area is 126 Å². The van der Waals surface area contributed by atoms with Gasteiger partial charge in [-0.1, -0.05) is 74.3 Å². The Hall–Kier alpha value is -1.04. The van der Waals surface area contributed by atoms with E-state index in [0.29, 0.717) is 0 Å². The van der Waals surface area contributed by atoms with Gasteiger partial charge in [-0.15, -0.1) is 0 Å². The SMILES string of the molecule is C1=CCCCCCC/C=C/C=C/CCCCCCC=C1. The van der Waals surface area contributed by atoms with Crippen LogP contribution in [0.3, 0.4) is 0 Å². The van der Waals surface area contributed by atoms with Crippen molar-refractivity contribution in [2.75, 3.05) is 0 Å². The van der Waals surface area contributed by atoms with Crippen molar-refractivity contribution >= 4 is 0 Å². The van der Waals surface area contributed by atoms with Crippen molar-refractivity contribution in [3.63, 3.8) is 0 Å². The van der Waals surface area contributed by atoms with Crippen LogP contribution in [-0.2, 0) is 0 Å². The quantitative estimate of drug-likeness (QED) is 0.449. The molecule has 1 rings (SSSR count). The molecule has 0 radical (unpaired) electrons. The lowest BCUT2D eigenvalue weighted by molar-refractivity contribution is 0.651. The van der Waals surface area contributed by atoms with E-state index in [1.807, 2.05) is 0 Å². The average molecular weight is 272 g/mol. The van der Waals surface area contributed by atoms with E-state index >= 15 is 0 Å². The van der Waals surface area contributed by atoms with Gasteiger partial charge in [0.1, 0.15) is 0 Å². The van der Waals surface area contributed by atoms with Gasteiger partial charge in [-0.2, -0.15) is 0 Å². The molecule has 0 unspecified atom stereocenters. The predicted molar refractivity (Wildman–Crippen MR) is 92.0 cm³/mol. The minimum atomic E-state index is 1.24. The fourth-order valence-corrected chi connectivity index (χ4v) is 2.46. The molecule has 0 aromatic rings. The molecule has 0 fully saturated rings. The average Bonchev–Trinajstić information content (AvgIpc) is 2.46. The van der Waals surface area contributed by atoms with E-state index in [-0.39, 0.29) is 0 Å². The van der Waals surface area contributed by atoms with Crippen LogP contribution >= 0.6 is 0 Å². The maximum atomic E-state index is 2.32. The van der Waals surface area contributed by atoms with Gasteiger partial charge in [0.2, 0.25) is 0 Å². The normalized spacial score (nSPS) is 24.0. The minimum absolute atomic E-state index is 1.24. The molecule has 20 heavy (non-hydrogen) atoms. The molecule has 0 spiro atoms. The van der Waals surface area contributed by atoms with Gasteiger partial charge in [-0.3, -0.25) is 0 Å². The first-order valence-electron chi connectivity index (χ1n) is 8.63. The molecule has 0 aromatic heterocycles. The molecule has 0 N–H and O–H groups in total. The Bertz CT molecular complexity index is 240. The van der Waals surface area contributed by atoms with Gasteiger partial charge < -0.3 is 0 Å². The van der Waals surface area contributed by atoms with Crippen LogP contribution < -0.4 is 0 Å². The molecule has 0 nitrogen and oxygen atoms in total. The van der Waals surface area contributed by atoms with Crippen molar-refractivity contribution in [1.82, 2.24) is 0 Å². The van der Waals surface area contributed by atoms with Gasteiger partial charge in [0.05, 0.1) is 0 Å². The number of rotatable bonds is 0. The van der Waals surface area contributed by atoms with Crippen molar-refractivity contribution < 1.29 is 0 Å². The highest BCUT2D eigenvalue weighted by Gasteiger charge is 1.88. The Morgan fingerprint density at radius 1 is 0.300 bits per heavy atom. The van der Waals surface area contributed by atoms with Crippen molar-refractivity contribution in [3.8, 4) is 0 Å². The van der Waals surface area contributed by atoms with Gasteiger partial charge >= 0.3 is 0 Å². The first kappa shape index (κ1) is 17.0. The smallest absolute Gasteiger partial charge is 0.0348 e. The Kier molecular flexibility index (Phi) is 12.2. The lowest BCUT2D eigenvalue weighted by Gasteiger charge is -1.97. The summed E-state index contributed by atoms with van der Waals surface area (Å²) in [7, 11) is 0. The summed E-state index contributed by atoms with van der Waals surface area (Å²) >= 11 is 0. The van der Waals surface area contributed by atoms with E-state index in [1.165, 1.54) is 77.0 Å². The molecule has 1 aliphatic rings. The molecular formula is C20H32. The maximum absolute atomic E-state index is 2.32. The summed E-state index contributed by atoms with van der Waals surface area (Å²) in [4.78, 5) is 0. The summed E-state index contributed by atoms with van der Waals surface area (Å²) in [5.41, 5.74) is 0. The zero-order chi connectivity index (χ0) is 14.1. The van der Waals surface area contributed by atoms with Crippen molar-refractivity contribution in [2.45, 2.75) is 77.0 Å². The molecule has 0 bridgehead atoms. The van der Waals surface area contributed by atoms with E-state index < -0.39 is 0 Å². The number of allylic oxidation sites excluding steroid dienone is 8. The van der Waals surface area contributed by atoms with E-state index in [2.05, 4.69) is 48.6 Å². The van der Waals surface area contributed by atoms with Crippen LogP contribution in [0.15, 0.2) is 48.6 Å². The van der Waals surface area contributed by atoms with Gasteiger partial charge in [0.15, 0.2) is 0 Å². The Balaban J connectivity index is 2.22. The molecule has 0 heterocycles. The van der Waals surface area contributed by atoms with Gasteiger partial charge in [0.25, 0.3) is 0 Å². The van der Waals surface area contributed by atoms with Crippen LogP contribution in [0.5, 0.6) is 0 Å². The predicted octanol–water partition coefficient (Wildman–Crippen LogP) is 6.91. The molecule has 1 aliphatic carbocycles. The van der Waals surface area contributed by atoms with Crippen LogP contribution in [-0.4, -0.2) is 0 Å². The summed E-state index contributed by atoms with van der Waals surface area (Å²) in [6.45, 7) is 0. The first-order valence-corrected chi connectivity index (χ1v) is 8.63. The fraction of sp³-hybridized carbons (Fsp3) is 0.600. The number of hydrogen-bond acceptors (Lipinski definition) is 0. The monoisotopic (exact) mass is 272 g/mol. The maximum Gasteiger partial charge on any atom is -0.0348 e. The third kappa shape index (κ3) is 12.0. The van der Waals surface area contributed by atoms with Gasteiger partial charge in [0, 0.05) is 0 Å². The van der Waals surface area contributed by atoms with Crippen LogP contribution in [0.1, 0.15) is 77.0 Å². The fourth-order valence-electron chi connectivity index (χ4n) is 2.46. The summed E-state index contributed by atoms with van der Waals surface area (Å²) < 4.78 is 0. The molecule has 112 valence electrons. The van der Waals surface area contributed by atoms with Gasteiger partial charge in [-0.05, 0) is 51.4 Å². The van der Waals surface area contributed by atoms with E-state index in [4.69, 9.17) is 0 Å². The third-order valence-electron chi connectivity index (χ3n) is 3.75. The van der Waals surface area contributed by atoms with Crippen molar-refractivity contribution in [1.29, 1.82) is 0 Å². The lowest BCUT2D eigenvalue weighted by Crippen LogP contribution is -1.77. The van der Waals surface area contributed by atoms with Crippen LogP contribution in [0, 0.1) is 0 Å². The Morgan fingerprint density at radius 2 is 0.550 bits per heavy atom. The largest absolute Gasteiger partial charge is 0.0845 e. The molecule has 0 aliphatic heterocycles. The zero-order valence-corrected chi connectivity index (χ0v) is 13.1. The molecule has 0 aromatic carbocycles. The van der Waals surface area contributed by atoms with E-state index in [1.54, 1.807) is 0 Å². The molecule has 0 saturated carbocycles. The molecular weight excluding hydrogens is 240 g/mol. The summed E-state index contributed by atoms with van der Waals surface area (Å²) in [6, 6.07) is 0. The second-order valence-corrected chi connectivity index (χ2v) is 5.70. The summed E-state index contributed by atoms with van der Waals surface area (Å²) in [5, 5.41) is 0. The van der Waals surface area contributed by atoms with Crippen LogP contribution in [0.2, 0.25) is 0 Å². The minimum Gasteiger partial charge on any atom is -0.0845 e. The topological polar surface area (TPSA) is 0 Å². The van der Waals surface area contributed by atoms with Crippen molar-refractivity contribution in [3.05, 3.63) is 48.6 Å². The van der Waals surface area contributed by atoms with Crippen molar-refractivity contribution in [2.24, 2.45) is 0 Å². The van der Waals surface area contributed by atoms with Crippen LogP contribution in [0.25, 0.3) is 0 Å². The molecule has 0 saturated heterocycles. The molecule has 0 heteroatoms. The highest BCUT2D eigenvalue weighted by atomic mass is 13.9. The highest BCUT2D eigenvalue weighted by molar-refractivity contribution is 5.03. The zero-order valence-electron chi connectivity index (χ0n) is 13.1. The number of hydrogen-bond donors (Lipinski definition) is 0. The standard InChI is InChI=1S/C20H32/c1-2-4-6-8-10-12-14-16-18-20-19-17-15-13-11-9-7-5-3-1/h1-4,17-20H,5-16H2/b3-1+,4-2+,19-17?,20-18?. The molecule has 0 atom stereocenters. The van der Waals surface area contributed by atoms with Gasteiger partial charge in [-0.25, -0.2) is 0 Å². The summed E-state index contributed by atoms with van der Waals surface area (Å²) in [5.74, 6) is 0. The van der Waals surface area contributed by atoms with E-state index in [9.17, 15) is 0 Å². The highest BCUT2D eigenvalue weighted by Crippen LogP contribution is 2.08. The second-order valence-electron chi connectivity index (χ2n) is 5.70. The third-order valence-corrected chi connectivity index (χ3v) is 3.75. The summed E-state index contributed by atoms with van der Waals surface area (Å²) in [6.07, 6.45) is 34.0. The lowest BCUT2D eigenvalue weighted by atomic mass is 10.1. The second kappa shape index (κ2) is 14.4. The molecule has 0 amide bonds.